The fourth-order valence-corrected chi connectivity index (χ4v) is 2.75. The van der Waals surface area contributed by atoms with Gasteiger partial charge < -0.3 is 0 Å². The minimum atomic E-state index is -1.03. The number of imide groups is 1. The molecule has 3 amide bonds. The number of carbonyl (C=O) groups is 4. The molecule has 130 valence electrons. The number of benzene rings is 2. The molecular weight excluding hydrogens is 332 g/mol. The number of hydrogen-bond acceptors (Lipinski definition) is 4. The molecule has 6 nitrogen and oxygen atoms in total. The average Bonchev–Trinajstić information content (AvgIpc) is 2.65. The molecule has 0 N–H and O–H groups in total. The summed E-state index contributed by atoms with van der Waals surface area (Å²) in [4.78, 5) is 54.5. The second-order valence-electron chi connectivity index (χ2n) is 5.91. The first-order chi connectivity index (χ1) is 12.5. The molecule has 6 heteroatoms. The summed E-state index contributed by atoms with van der Waals surface area (Å²) in [5.74, 6) is -3.26. The largest absolute Gasteiger partial charge is 0.299 e. The lowest BCUT2D eigenvalue weighted by Crippen LogP contribution is -2.52. The smallest absolute Gasteiger partial charge is 0.279 e. The van der Waals surface area contributed by atoms with Gasteiger partial charge in [-0.15, -0.1) is 0 Å². The van der Waals surface area contributed by atoms with E-state index >= 15 is 0 Å². The molecule has 1 unspecified atom stereocenters. The first kappa shape index (κ1) is 17.4. The van der Waals surface area contributed by atoms with E-state index in [4.69, 9.17) is 0 Å². The zero-order valence-corrected chi connectivity index (χ0v) is 14.1. The van der Waals surface area contributed by atoms with E-state index in [-0.39, 0.29) is 17.9 Å². The van der Waals surface area contributed by atoms with Crippen molar-refractivity contribution in [2.75, 3.05) is 4.90 Å². The highest BCUT2D eigenvalue weighted by Gasteiger charge is 2.42. The van der Waals surface area contributed by atoms with E-state index < -0.39 is 23.6 Å². The van der Waals surface area contributed by atoms with Crippen molar-refractivity contribution in [2.45, 2.75) is 13.3 Å². The average molecular weight is 348 g/mol. The van der Waals surface area contributed by atoms with Gasteiger partial charge in [-0.25, -0.2) is 9.89 Å². The number of Topliss-reactive ketones (excluding diaryl/α,β-unsaturated/α-hetero) is 1. The Kier molecular flexibility index (Phi) is 4.84. The molecule has 1 fully saturated rings. The monoisotopic (exact) mass is 348 g/mol. The Balaban J connectivity index is 2.01. The number of anilines is 1. The van der Waals surface area contributed by atoms with Crippen LogP contribution in [0.4, 0.5) is 5.69 Å². The molecule has 0 bridgehead atoms. The molecule has 1 aliphatic heterocycles. The molecule has 26 heavy (non-hydrogen) atoms. The highest BCUT2D eigenvalue weighted by molar-refractivity contribution is 6.52. The van der Waals surface area contributed by atoms with Gasteiger partial charge in [0, 0.05) is 12.0 Å². The van der Waals surface area contributed by atoms with E-state index in [0.29, 0.717) is 11.3 Å². The first-order valence-electron chi connectivity index (χ1n) is 8.10. The van der Waals surface area contributed by atoms with Crippen LogP contribution in [0.25, 0.3) is 0 Å². The van der Waals surface area contributed by atoms with Crippen LogP contribution in [0.2, 0.25) is 0 Å². The highest BCUT2D eigenvalue weighted by atomic mass is 16.2. The fraction of sp³-hybridized carbons (Fsp3) is 0.150. The van der Waals surface area contributed by atoms with Gasteiger partial charge in [0.2, 0.25) is 5.91 Å². The zero-order chi connectivity index (χ0) is 18.7. The lowest BCUT2D eigenvalue weighted by molar-refractivity contribution is -0.133. The number of rotatable bonds is 3. The van der Waals surface area contributed by atoms with E-state index in [1.165, 1.54) is 6.92 Å². The quantitative estimate of drug-likeness (QED) is 0.630. The summed E-state index contributed by atoms with van der Waals surface area (Å²) in [6.45, 7) is 1.29. The van der Waals surface area contributed by atoms with Crippen LogP contribution in [0.1, 0.15) is 23.7 Å². The number of nitrogens with zero attached hydrogens (tertiary/aromatic N) is 2. The van der Waals surface area contributed by atoms with Crippen LogP contribution in [0.15, 0.2) is 65.7 Å². The molecule has 2 aromatic rings. The Morgan fingerprint density at radius 1 is 0.962 bits per heavy atom. The molecule has 2 aromatic carbocycles. The van der Waals surface area contributed by atoms with E-state index in [1.54, 1.807) is 60.7 Å². The Morgan fingerprint density at radius 3 is 2.12 bits per heavy atom. The fourth-order valence-electron chi connectivity index (χ4n) is 2.75. The van der Waals surface area contributed by atoms with Crippen molar-refractivity contribution in [1.29, 1.82) is 0 Å². The topological polar surface area (TPSA) is 83.9 Å². The molecule has 1 atom stereocenters. The van der Waals surface area contributed by atoms with E-state index in [0.717, 1.165) is 4.90 Å². The highest BCUT2D eigenvalue weighted by Crippen LogP contribution is 2.25. The van der Waals surface area contributed by atoms with Gasteiger partial charge in [-0.05, 0) is 31.2 Å². The van der Waals surface area contributed by atoms with E-state index in [1.807, 2.05) is 0 Å². The lowest BCUT2D eigenvalue weighted by atomic mass is 9.91. The number of carbonyl (C=O) groups excluding carboxylic acids is 4. The normalized spacial score (nSPS) is 18.9. The second kappa shape index (κ2) is 7.23. The van der Waals surface area contributed by atoms with Gasteiger partial charge in [0.1, 0.15) is 17.4 Å². The van der Waals surface area contributed by atoms with Crippen LogP contribution in [-0.2, 0) is 14.4 Å². The van der Waals surface area contributed by atoms with Crippen molar-refractivity contribution in [3.05, 3.63) is 66.2 Å². The number of hydrogen-bond donors (Lipinski definition) is 0. The Bertz CT molecular complexity index is 904. The zero-order valence-electron chi connectivity index (χ0n) is 14.1. The van der Waals surface area contributed by atoms with Gasteiger partial charge in [0.15, 0.2) is 0 Å². The first-order valence-corrected chi connectivity index (χ1v) is 8.10. The maximum atomic E-state index is 12.8. The van der Waals surface area contributed by atoms with Gasteiger partial charge in [-0.1, -0.05) is 36.4 Å². The van der Waals surface area contributed by atoms with Crippen LogP contribution in [0.3, 0.4) is 0 Å². The summed E-state index contributed by atoms with van der Waals surface area (Å²) in [7, 11) is 0. The molecular formula is C20H16N2O4. The number of ketones is 1. The summed E-state index contributed by atoms with van der Waals surface area (Å²) in [5, 5.41) is 0. The standard InChI is InChI=1S/C20H16N2O4/c1-13(23)16-12-17(21-18(24)14-8-4-2-5-9-14)20(26)22(19(16)25)15-10-6-3-7-11-15/h2-11,16H,12H2,1H3. The van der Waals surface area contributed by atoms with Crippen LogP contribution < -0.4 is 4.90 Å². The number of para-hydroxylation sites is 1. The Morgan fingerprint density at radius 2 is 1.54 bits per heavy atom. The maximum absolute atomic E-state index is 12.8. The van der Waals surface area contributed by atoms with Crippen molar-refractivity contribution >= 4 is 34.9 Å². The summed E-state index contributed by atoms with van der Waals surface area (Å²) in [6.07, 6.45) is -0.172. The SMILES string of the molecule is CC(=O)C1CC(=NC(=O)c2ccccc2)C(=O)N(c2ccccc2)C1=O. The summed E-state index contributed by atoms with van der Waals surface area (Å²) in [5.41, 5.74) is 0.575. The second-order valence-corrected chi connectivity index (χ2v) is 5.91. The number of aliphatic imine (C=N–C) groups is 1. The Labute approximate surface area is 150 Å². The molecule has 0 saturated carbocycles. The molecule has 0 aliphatic carbocycles. The summed E-state index contributed by atoms with van der Waals surface area (Å²) in [6, 6.07) is 16.6. The number of piperidine rings is 1. The van der Waals surface area contributed by atoms with Crippen molar-refractivity contribution in [3.63, 3.8) is 0 Å². The molecule has 0 radical (unpaired) electrons. The van der Waals surface area contributed by atoms with E-state index in [2.05, 4.69) is 4.99 Å². The van der Waals surface area contributed by atoms with Crippen LogP contribution in [0.5, 0.6) is 0 Å². The van der Waals surface area contributed by atoms with Gasteiger partial charge >= 0.3 is 0 Å². The molecule has 1 aliphatic rings. The van der Waals surface area contributed by atoms with Gasteiger partial charge in [-0.2, -0.15) is 0 Å². The lowest BCUT2D eigenvalue weighted by Gasteiger charge is -2.30. The molecule has 1 heterocycles. The van der Waals surface area contributed by atoms with Crippen molar-refractivity contribution in [2.24, 2.45) is 10.9 Å². The molecule has 3 rings (SSSR count). The minimum absolute atomic E-state index is 0.0949. The van der Waals surface area contributed by atoms with Gasteiger partial charge in [0.25, 0.3) is 11.8 Å². The molecule has 0 spiro atoms. The minimum Gasteiger partial charge on any atom is -0.299 e. The third-order valence-corrected chi connectivity index (χ3v) is 4.13. The van der Waals surface area contributed by atoms with Crippen LogP contribution in [-0.4, -0.2) is 29.2 Å². The van der Waals surface area contributed by atoms with Crippen LogP contribution in [0, 0.1) is 5.92 Å². The van der Waals surface area contributed by atoms with Crippen LogP contribution >= 0.6 is 0 Å². The third kappa shape index (κ3) is 3.35. The van der Waals surface area contributed by atoms with E-state index in [9.17, 15) is 19.2 Å². The number of amides is 3. The molecule has 1 saturated heterocycles. The van der Waals surface area contributed by atoms with Crippen molar-refractivity contribution < 1.29 is 19.2 Å². The van der Waals surface area contributed by atoms with Gasteiger partial charge in [0.05, 0.1) is 5.69 Å². The van der Waals surface area contributed by atoms with Crippen molar-refractivity contribution in [1.82, 2.24) is 0 Å². The third-order valence-electron chi connectivity index (χ3n) is 4.13. The predicted molar refractivity (Wildman–Crippen MR) is 95.9 cm³/mol. The summed E-state index contributed by atoms with van der Waals surface area (Å²) < 4.78 is 0. The summed E-state index contributed by atoms with van der Waals surface area (Å²) >= 11 is 0. The Hall–Kier alpha value is -3.41. The van der Waals surface area contributed by atoms with Gasteiger partial charge in [-0.3, -0.25) is 19.2 Å². The predicted octanol–water partition coefficient (Wildman–Crippen LogP) is 2.44. The molecule has 0 aromatic heterocycles. The maximum Gasteiger partial charge on any atom is 0.279 e. The van der Waals surface area contributed by atoms with Crippen molar-refractivity contribution in [3.8, 4) is 0 Å².